The van der Waals surface area contributed by atoms with E-state index in [4.69, 9.17) is 47.7 Å². The predicted octanol–water partition coefficient (Wildman–Crippen LogP) is 5.13. The second-order valence-electron chi connectivity index (χ2n) is 6.68. The average molecular weight is 483 g/mol. The molecule has 32 heavy (non-hydrogen) atoms. The Hall–Kier alpha value is -3.10. The van der Waals surface area contributed by atoms with Crippen LogP contribution in [0.3, 0.4) is 0 Å². The van der Waals surface area contributed by atoms with Crippen LogP contribution in [0, 0.1) is 5.82 Å². The molecule has 0 aliphatic carbocycles. The molecule has 1 atom stereocenters. The molecule has 2 N–H and O–H groups in total. The van der Waals surface area contributed by atoms with Gasteiger partial charge in [-0.2, -0.15) is 0 Å². The van der Waals surface area contributed by atoms with Crippen LogP contribution in [0.2, 0.25) is 10.0 Å². The molecule has 0 saturated carbocycles. The Bertz CT molecular complexity index is 1000. The summed E-state index contributed by atoms with van der Waals surface area (Å²) >= 11 is 12.4. The number of aliphatic carboxylic acids is 2. The number of rotatable bonds is 8. The summed E-state index contributed by atoms with van der Waals surface area (Å²) in [6.45, 7) is 1.33. The Balaban J connectivity index is 0.000000534. The van der Waals surface area contributed by atoms with Crippen molar-refractivity contribution in [2.45, 2.75) is 25.3 Å². The Morgan fingerprint density at radius 1 is 1.09 bits per heavy atom. The zero-order valence-corrected chi connectivity index (χ0v) is 18.3. The third-order valence-corrected chi connectivity index (χ3v) is 4.92. The maximum Gasteiger partial charge on any atom is 0.414 e. The highest BCUT2D eigenvalue weighted by Gasteiger charge is 2.16. The maximum absolute atomic E-state index is 12.9. The van der Waals surface area contributed by atoms with Gasteiger partial charge in [-0.25, -0.2) is 19.0 Å². The molecule has 0 spiro atoms. The minimum absolute atomic E-state index is 0.214. The van der Waals surface area contributed by atoms with Gasteiger partial charge in [0.2, 0.25) is 0 Å². The van der Waals surface area contributed by atoms with Crippen LogP contribution < -0.4 is 4.74 Å². The third kappa shape index (κ3) is 8.56. The highest BCUT2D eigenvalue weighted by molar-refractivity contribution is 6.35. The summed E-state index contributed by atoms with van der Waals surface area (Å²) in [6.07, 6.45) is 7.23. The fraction of sp³-hybridized carbons (Fsp3) is 0.227. The molecule has 1 heterocycles. The monoisotopic (exact) mass is 482 g/mol. The number of hydrogen-bond acceptors (Lipinski definition) is 4. The molecule has 3 aromatic rings. The minimum atomic E-state index is -1.82. The Morgan fingerprint density at radius 2 is 1.78 bits per heavy atom. The van der Waals surface area contributed by atoms with Crippen LogP contribution in [-0.2, 0) is 16.1 Å². The molecule has 2 aromatic carbocycles. The van der Waals surface area contributed by atoms with Crippen LogP contribution >= 0.6 is 23.2 Å². The first kappa shape index (κ1) is 25.2. The summed E-state index contributed by atoms with van der Waals surface area (Å²) < 4.78 is 20.7. The molecular weight excluding hydrogens is 462 g/mol. The number of nitrogens with zero attached hydrogens (tertiary/aromatic N) is 2. The number of carboxylic acid groups (broad SMARTS) is 2. The largest absolute Gasteiger partial charge is 0.494 e. The second-order valence-corrected chi connectivity index (χ2v) is 7.52. The van der Waals surface area contributed by atoms with Crippen molar-refractivity contribution >= 4 is 35.1 Å². The quantitative estimate of drug-likeness (QED) is 0.340. The van der Waals surface area contributed by atoms with Crippen LogP contribution in [0.25, 0.3) is 0 Å². The van der Waals surface area contributed by atoms with Gasteiger partial charge >= 0.3 is 11.9 Å². The molecule has 0 amide bonds. The molecule has 1 aromatic heterocycles. The van der Waals surface area contributed by atoms with Crippen molar-refractivity contribution in [3.8, 4) is 5.75 Å². The summed E-state index contributed by atoms with van der Waals surface area (Å²) in [5.41, 5.74) is 1.06. The van der Waals surface area contributed by atoms with Gasteiger partial charge in [0.1, 0.15) is 11.6 Å². The van der Waals surface area contributed by atoms with Crippen molar-refractivity contribution in [3.63, 3.8) is 0 Å². The first-order chi connectivity index (χ1) is 15.3. The summed E-state index contributed by atoms with van der Waals surface area (Å²) in [5.74, 6) is -3.03. The minimum Gasteiger partial charge on any atom is -0.494 e. The SMILES string of the molecule is Fc1ccc(OCCCC(Cn2ccnc2)c2ccc(Cl)cc2Cl)cc1.O=C(O)C(=O)O. The van der Waals surface area contributed by atoms with E-state index < -0.39 is 11.9 Å². The summed E-state index contributed by atoms with van der Waals surface area (Å²) in [4.78, 5) is 22.3. The summed E-state index contributed by atoms with van der Waals surface area (Å²) in [5, 5.41) is 16.1. The summed E-state index contributed by atoms with van der Waals surface area (Å²) in [7, 11) is 0. The van der Waals surface area contributed by atoms with Crippen LogP contribution in [0.4, 0.5) is 4.39 Å². The van der Waals surface area contributed by atoms with Crippen LogP contribution in [0.15, 0.2) is 61.2 Å². The molecule has 7 nitrogen and oxygen atoms in total. The van der Waals surface area contributed by atoms with Gasteiger partial charge in [-0.1, -0.05) is 29.3 Å². The predicted molar refractivity (Wildman–Crippen MR) is 118 cm³/mol. The van der Waals surface area contributed by atoms with E-state index in [9.17, 15) is 4.39 Å². The van der Waals surface area contributed by atoms with Crippen LogP contribution in [-0.4, -0.2) is 38.3 Å². The standard InChI is InChI=1S/C20H19Cl2FN2O.C2H2O4/c21-16-3-8-19(20(22)12-16)15(13-25-10-9-24-14-25)2-1-11-26-18-6-4-17(23)5-7-18;3-1(4)2(5)6/h3-10,12,14-15H,1-2,11,13H2;(H,3,4)(H,5,6). The number of aromatic nitrogens is 2. The zero-order valence-electron chi connectivity index (χ0n) is 16.8. The Kier molecular flexibility index (Phi) is 9.97. The van der Waals surface area contributed by atoms with Crippen molar-refractivity contribution < 1.29 is 28.9 Å². The van der Waals surface area contributed by atoms with Gasteiger partial charge in [0.25, 0.3) is 0 Å². The molecule has 1 unspecified atom stereocenters. The molecule has 10 heteroatoms. The van der Waals surface area contributed by atoms with Crippen molar-refractivity contribution in [1.82, 2.24) is 9.55 Å². The highest BCUT2D eigenvalue weighted by atomic mass is 35.5. The number of ether oxygens (including phenoxy) is 1. The van der Waals surface area contributed by atoms with Gasteiger partial charge in [-0.05, 0) is 54.8 Å². The van der Waals surface area contributed by atoms with Gasteiger partial charge in [-0.15, -0.1) is 0 Å². The number of carboxylic acids is 2. The Morgan fingerprint density at radius 3 is 2.34 bits per heavy atom. The first-order valence-corrected chi connectivity index (χ1v) is 10.3. The van der Waals surface area contributed by atoms with E-state index in [-0.39, 0.29) is 11.7 Å². The molecule has 3 rings (SSSR count). The van der Waals surface area contributed by atoms with E-state index in [1.807, 2.05) is 22.9 Å². The highest BCUT2D eigenvalue weighted by Crippen LogP contribution is 2.31. The van der Waals surface area contributed by atoms with E-state index in [2.05, 4.69) is 4.98 Å². The van der Waals surface area contributed by atoms with Gasteiger partial charge in [0, 0.05) is 34.9 Å². The molecule has 0 saturated heterocycles. The number of hydrogen-bond donors (Lipinski definition) is 2. The normalized spacial score (nSPS) is 11.2. The first-order valence-electron chi connectivity index (χ1n) is 9.51. The molecule has 0 radical (unpaired) electrons. The second kappa shape index (κ2) is 12.7. The number of carbonyl (C=O) groups is 2. The molecule has 0 aliphatic rings. The van der Waals surface area contributed by atoms with Crippen molar-refractivity contribution in [2.24, 2.45) is 0 Å². The van der Waals surface area contributed by atoms with Gasteiger partial charge in [-0.3, -0.25) is 0 Å². The lowest BCUT2D eigenvalue weighted by Gasteiger charge is -2.19. The van der Waals surface area contributed by atoms with E-state index in [1.165, 1.54) is 12.1 Å². The molecule has 0 bridgehead atoms. The van der Waals surface area contributed by atoms with Gasteiger partial charge < -0.3 is 19.5 Å². The number of benzene rings is 2. The number of imidazole rings is 1. The Labute approximate surface area is 194 Å². The lowest BCUT2D eigenvalue weighted by molar-refractivity contribution is -0.159. The lowest BCUT2D eigenvalue weighted by atomic mass is 9.94. The third-order valence-electron chi connectivity index (χ3n) is 4.35. The van der Waals surface area contributed by atoms with E-state index in [0.717, 1.165) is 24.9 Å². The van der Waals surface area contributed by atoms with E-state index in [1.54, 1.807) is 30.7 Å². The van der Waals surface area contributed by atoms with E-state index >= 15 is 0 Å². The number of halogens is 3. The lowest BCUT2D eigenvalue weighted by Crippen LogP contribution is -2.10. The van der Waals surface area contributed by atoms with Crippen LogP contribution in [0.1, 0.15) is 24.3 Å². The zero-order chi connectivity index (χ0) is 23.5. The molecule has 0 fully saturated rings. The molecular formula is C22H21Cl2FN2O5. The average Bonchev–Trinajstić information content (AvgIpc) is 3.25. The molecule has 170 valence electrons. The van der Waals surface area contributed by atoms with Crippen molar-refractivity contribution in [2.75, 3.05) is 6.61 Å². The topological polar surface area (TPSA) is 102 Å². The molecule has 0 aliphatic heterocycles. The maximum atomic E-state index is 12.9. The van der Waals surface area contributed by atoms with Crippen molar-refractivity contribution in [3.05, 3.63) is 82.6 Å². The van der Waals surface area contributed by atoms with Gasteiger partial charge in [0.05, 0.1) is 12.9 Å². The summed E-state index contributed by atoms with van der Waals surface area (Å²) in [6, 6.07) is 11.7. The smallest absolute Gasteiger partial charge is 0.414 e. The fourth-order valence-electron chi connectivity index (χ4n) is 2.88. The van der Waals surface area contributed by atoms with E-state index in [0.29, 0.717) is 22.4 Å². The van der Waals surface area contributed by atoms with Crippen molar-refractivity contribution in [1.29, 1.82) is 0 Å². The van der Waals surface area contributed by atoms with Crippen LogP contribution in [0.5, 0.6) is 5.75 Å². The van der Waals surface area contributed by atoms with Gasteiger partial charge in [0.15, 0.2) is 0 Å². The fourth-order valence-corrected chi connectivity index (χ4v) is 3.44.